The van der Waals surface area contributed by atoms with Crippen LogP contribution in [-0.4, -0.2) is 81.4 Å². The molecular weight excluding hydrogens is 345 g/mol. The normalized spacial score (nSPS) is 23.2. The first-order valence-electron chi connectivity index (χ1n) is 8.53. The highest BCUT2D eigenvalue weighted by Crippen LogP contribution is 2.20. The molecule has 1 atom stereocenters. The summed E-state index contributed by atoms with van der Waals surface area (Å²) >= 11 is 0. The number of amides is 1. The van der Waals surface area contributed by atoms with Crippen LogP contribution in [0, 0.1) is 5.82 Å². The van der Waals surface area contributed by atoms with Gasteiger partial charge >= 0.3 is 0 Å². The van der Waals surface area contributed by atoms with E-state index in [2.05, 4.69) is 0 Å². The molecule has 0 aromatic heterocycles. The molecule has 2 aliphatic heterocycles. The Labute approximate surface area is 148 Å². The number of carbonyl (C=O) groups is 1. The molecule has 0 aliphatic carbocycles. The fraction of sp³-hybridized carbons (Fsp3) is 0.588. The van der Waals surface area contributed by atoms with Crippen LogP contribution in [0.5, 0.6) is 0 Å². The van der Waals surface area contributed by atoms with Crippen LogP contribution in [0.4, 0.5) is 10.1 Å². The summed E-state index contributed by atoms with van der Waals surface area (Å²) in [4.78, 5) is 18.0. The third-order valence-corrected chi connectivity index (χ3v) is 6.79. The Kier molecular flexibility index (Phi) is 5.29. The van der Waals surface area contributed by atoms with Gasteiger partial charge in [0.2, 0.25) is 5.91 Å². The second-order valence-corrected chi connectivity index (χ2v) is 9.02. The van der Waals surface area contributed by atoms with Crippen LogP contribution < -0.4 is 4.90 Å². The quantitative estimate of drug-likeness (QED) is 0.778. The Morgan fingerprint density at radius 2 is 1.92 bits per heavy atom. The summed E-state index contributed by atoms with van der Waals surface area (Å²) in [5, 5.41) is 0. The Morgan fingerprint density at radius 1 is 1.24 bits per heavy atom. The lowest BCUT2D eigenvalue weighted by Gasteiger charge is -2.37. The highest BCUT2D eigenvalue weighted by Gasteiger charge is 2.32. The number of para-hydroxylation sites is 1. The number of nitrogens with zero attached hydrogens (tertiary/aromatic N) is 3. The van der Waals surface area contributed by atoms with Crippen molar-refractivity contribution in [2.45, 2.75) is 12.5 Å². The monoisotopic (exact) mass is 369 g/mol. The number of sulfone groups is 1. The van der Waals surface area contributed by atoms with E-state index in [1.807, 2.05) is 9.80 Å². The van der Waals surface area contributed by atoms with Crippen LogP contribution >= 0.6 is 0 Å². The van der Waals surface area contributed by atoms with Crippen LogP contribution in [0.2, 0.25) is 0 Å². The van der Waals surface area contributed by atoms with Gasteiger partial charge in [-0.25, -0.2) is 12.8 Å². The lowest BCUT2D eigenvalue weighted by Crippen LogP contribution is -2.52. The molecule has 0 spiro atoms. The standard InChI is InChI=1S/C17H24FN3O3S/c1-19(14-6-11-25(23,24)13-14)12-17(22)21-9-7-20(8-10-21)16-5-3-2-4-15(16)18/h2-5,14H,6-13H2,1H3. The highest BCUT2D eigenvalue weighted by atomic mass is 32.2. The largest absolute Gasteiger partial charge is 0.366 e. The average molecular weight is 369 g/mol. The summed E-state index contributed by atoms with van der Waals surface area (Å²) in [7, 11) is -1.15. The van der Waals surface area contributed by atoms with Crippen molar-refractivity contribution in [1.29, 1.82) is 0 Å². The Hall–Kier alpha value is -1.67. The number of halogens is 1. The van der Waals surface area contributed by atoms with Gasteiger partial charge in [0.15, 0.2) is 9.84 Å². The van der Waals surface area contributed by atoms with Gasteiger partial charge in [-0.3, -0.25) is 9.69 Å². The molecule has 138 valence electrons. The predicted molar refractivity (Wildman–Crippen MR) is 94.9 cm³/mol. The molecule has 2 fully saturated rings. The van der Waals surface area contributed by atoms with Crippen LogP contribution in [0.25, 0.3) is 0 Å². The molecule has 1 amide bonds. The minimum atomic E-state index is -2.95. The predicted octanol–water partition coefficient (Wildman–Crippen LogP) is 0.593. The Morgan fingerprint density at radius 3 is 2.52 bits per heavy atom. The van der Waals surface area contributed by atoms with E-state index in [9.17, 15) is 17.6 Å². The molecular formula is C17H24FN3O3S. The van der Waals surface area contributed by atoms with Crippen molar-refractivity contribution in [3.8, 4) is 0 Å². The molecule has 0 N–H and O–H groups in total. The summed E-state index contributed by atoms with van der Waals surface area (Å²) in [6.45, 7) is 2.50. The van der Waals surface area contributed by atoms with E-state index < -0.39 is 9.84 Å². The molecule has 0 saturated carbocycles. The van der Waals surface area contributed by atoms with Gasteiger partial charge in [0.1, 0.15) is 5.82 Å². The van der Waals surface area contributed by atoms with E-state index in [1.165, 1.54) is 6.07 Å². The maximum Gasteiger partial charge on any atom is 0.236 e. The average Bonchev–Trinajstić information content (AvgIpc) is 2.95. The number of carbonyl (C=O) groups excluding carboxylic acids is 1. The van der Waals surface area contributed by atoms with E-state index in [1.54, 1.807) is 30.1 Å². The number of benzene rings is 1. The molecule has 1 aromatic rings. The smallest absolute Gasteiger partial charge is 0.236 e. The maximum absolute atomic E-state index is 13.9. The van der Waals surface area contributed by atoms with Crippen molar-refractivity contribution in [2.24, 2.45) is 0 Å². The first-order chi connectivity index (χ1) is 11.9. The number of anilines is 1. The van der Waals surface area contributed by atoms with E-state index in [4.69, 9.17) is 0 Å². The molecule has 0 radical (unpaired) electrons. The third-order valence-electron chi connectivity index (χ3n) is 5.04. The fourth-order valence-electron chi connectivity index (χ4n) is 3.47. The molecule has 2 saturated heterocycles. The minimum Gasteiger partial charge on any atom is -0.366 e. The molecule has 3 rings (SSSR count). The molecule has 8 heteroatoms. The van der Waals surface area contributed by atoms with Crippen LogP contribution in [-0.2, 0) is 14.6 Å². The summed E-state index contributed by atoms with van der Waals surface area (Å²) < 4.78 is 37.0. The maximum atomic E-state index is 13.9. The summed E-state index contributed by atoms with van der Waals surface area (Å²) in [6.07, 6.45) is 0.590. The molecule has 0 bridgehead atoms. The lowest BCUT2D eigenvalue weighted by molar-refractivity contribution is -0.132. The number of likely N-dealkylation sites (N-methyl/N-ethyl adjacent to an activating group) is 1. The molecule has 2 heterocycles. The van der Waals surface area contributed by atoms with E-state index >= 15 is 0 Å². The van der Waals surface area contributed by atoms with E-state index in [0.717, 1.165) is 0 Å². The van der Waals surface area contributed by atoms with E-state index in [-0.39, 0.29) is 35.8 Å². The number of rotatable bonds is 4. The van der Waals surface area contributed by atoms with Crippen molar-refractivity contribution in [3.63, 3.8) is 0 Å². The van der Waals surface area contributed by atoms with Crippen LogP contribution in [0.1, 0.15) is 6.42 Å². The number of hydrogen-bond acceptors (Lipinski definition) is 5. The van der Waals surface area contributed by atoms with Gasteiger partial charge in [-0.15, -0.1) is 0 Å². The minimum absolute atomic E-state index is 0.0000171. The molecule has 1 aromatic carbocycles. The van der Waals surface area contributed by atoms with Crippen molar-refractivity contribution >= 4 is 21.4 Å². The number of piperazine rings is 1. The SMILES string of the molecule is CN(CC(=O)N1CCN(c2ccccc2F)CC1)C1CCS(=O)(=O)C1. The fourth-order valence-corrected chi connectivity index (χ4v) is 5.28. The first-order valence-corrected chi connectivity index (χ1v) is 10.4. The van der Waals surface area contributed by atoms with Gasteiger partial charge in [-0.2, -0.15) is 0 Å². The van der Waals surface area contributed by atoms with Crippen molar-refractivity contribution in [1.82, 2.24) is 9.80 Å². The zero-order valence-corrected chi connectivity index (χ0v) is 15.2. The molecule has 1 unspecified atom stereocenters. The van der Waals surface area contributed by atoms with Crippen LogP contribution in [0.15, 0.2) is 24.3 Å². The van der Waals surface area contributed by atoms with Crippen molar-refractivity contribution in [3.05, 3.63) is 30.1 Å². The third kappa shape index (κ3) is 4.30. The number of hydrogen-bond donors (Lipinski definition) is 0. The highest BCUT2D eigenvalue weighted by molar-refractivity contribution is 7.91. The van der Waals surface area contributed by atoms with Gasteiger partial charge in [0, 0.05) is 32.2 Å². The van der Waals surface area contributed by atoms with E-state index in [0.29, 0.717) is 38.3 Å². The Balaban J connectivity index is 1.51. The van der Waals surface area contributed by atoms with Gasteiger partial charge in [0.25, 0.3) is 0 Å². The molecule has 2 aliphatic rings. The summed E-state index contributed by atoms with van der Waals surface area (Å²) in [5.74, 6) is 0.0967. The summed E-state index contributed by atoms with van der Waals surface area (Å²) in [5.41, 5.74) is 0.572. The topological polar surface area (TPSA) is 60.9 Å². The van der Waals surface area contributed by atoms with Crippen molar-refractivity contribution < 1.29 is 17.6 Å². The lowest BCUT2D eigenvalue weighted by atomic mass is 10.2. The van der Waals surface area contributed by atoms with Gasteiger partial charge in [0.05, 0.1) is 23.7 Å². The second kappa shape index (κ2) is 7.29. The zero-order chi connectivity index (χ0) is 18.0. The van der Waals surface area contributed by atoms with Crippen LogP contribution in [0.3, 0.4) is 0 Å². The van der Waals surface area contributed by atoms with Gasteiger partial charge in [-0.1, -0.05) is 12.1 Å². The first kappa shape index (κ1) is 18.1. The second-order valence-electron chi connectivity index (χ2n) is 6.79. The van der Waals surface area contributed by atoms with Gasteiger partial charge in [-0.05, 0) is 25.6 Å². The zero-order valence-electron chi connectivity index (χ0n) is 14.4. The summed E-state index contributed by atoms with van der Waals surface area (Å²) in [6, 6.07) is 6.59. The Bertz CT molecular complexity index is 732. The van der Waals surface area contributed by atoms with Gasteiger partial charge < -0.3 is 9.80 Å². The molecule has 25 heavy (non-hydrogen) atoms. The van der Waals surface area contributed by atoms with Crippen molar-refractivity contribution in [2.75, 3.05) is 56.2 Å². The molecule has 6 nitrogen and oxygen atoms in total.